The van der Waals surface area contributed by atoms with E-state index >= 15 is 0 Å². The molecule has 3 aromatic rings. The molecule has 0 fully saturated rings. The smallest absolute Gasteiger partial charge is 0.181 e. The third-order valence-corrected chi connectivity index (χ3v) is 2.70. The Hall–Kier alpha value is -2.69. The first-order valence-electron chi connectivity index (χ1n) is 5.89. The molecule has 0 aliphatic heterocycles. The van der Waals surface area contributed by atoms with Gasteiger partial charge in [-0.15, -0.1) is 0 Å². The Labute approximate surface area is 110 Å². The van der Waals surface area contributed by atoms with Crippen LogP contribution >= 0.6 is 0 Å². The summed E-state index contributed by atoms with van der Waals surface area (Å²) < 4.78 is 5.28. The molecule has 2 heterocycles. The molecule has 1 aromatic carbocycles. The number of hydrogen-bond donors (Lipinski definition) is 1. The molecule has 5 heteroatoms. The second-order valence-corrected chi connectivity index (χ2v) is 4.00. The number of rotatable bonds is 4. The zero-order valence-electron chi connectivity index (χ0n) is 10.2. The SMILES string of the molecule is c1cc(NCc2ccncn2)cc(-c2cnco2)c1. The van der Waals surface area contributed by atoms with Crippen LogP contribution in [0.2, 0.25) is 0 Å². The first-order valence-corrected chi connectivity index (χ1v) is 5.89. The molecule has 0 atom stereocenters. The van der Waals surface area contributed by atoms with Gasteiger partial charge in [0.05, 0.1) is 18.4 Å². The van der Waals surface area contributed by atoms with Crippen LogP contribution in [0.5, 0.6) is 0 Å². The molecule has 1 N–H and O–H groups in total. The molecule has 3 rings (SSSR count). The Bertz CT molecular complexity index is 638. The number of anilines is 1. The summed E-state index contributed by atoms with van der Waals surface area (Å²) in [6.45, 7) is 0.655. The zero-order chi connectivity index (χ0) is 12.9. The lowest BCUT2D eigenvalue weighted by atomic mass is 10.1. The Morgan fingerprint density at radius 2 is 2.16 bits per heavy atom. The molecule has 19 heavy (non-hydrogen) atoms. The van der Waals surface area contributed by atoms with Gasteiger partial charge < -0.3 is 9.73 Å². The van der Waals surface area contributed by atoms with Gasteiger partial charge in [-0.3, -0.25) is 0 Å². The van der Waals surface area contributed by atoms with Crippen LogP contribution in [0, 0.1) is 0 Å². The minimum atomic E-state index is 0.655. The van der Waals surface area contributed by atoms with Crippen LogP contribution in [-0.2, 0) is 6.54 Å². The normalized spacial score (nSPS) is 10.3. The molecule has 2 aromatic heterocycles. The van der Waals surface area contributed by atoms with Gasteiger partial charge in [-0.2, -0.15) is 0 Å². The fraction of sp³-hybridized carbons (Fsp3) is 0.0714. The highest BCUT2D eigenvalue weighted by molar-refractivity contribution is 5.63. The van der Waals surface area contributed by atoms with Crippen LogP contribution < -0.4 is 5.32 Å². The number of aromatic nitrogens is 3. The van der Waals surface area contributed by atoms with Crippen molar-refractivity contribution >= 4 is 5.69 Å². The van der Waals surface area contributed by atoms with E-state index in [2.05, 4.69) is 20.3 Å². The van der Waals surface area contributed by atoms with Crippen LogP contribution in [0.25, 0.3) is 11.3 Å². The summed E-state index contributed by atoms with van der Waals surface area (Å²) >= 11 is 0. The minimum absolute atomic E-state index is 0.655. The van der Waals surface area contributed by atoms with Crippen molar-refractivity contribution in [1.29, 1.82) is 0 Å². The van der Waals surface area contributed by atoms with E-state index in [1.54, 1.807) is 18.7 Å². The van der Waals surface area contributed by atoms with Gasteiger partial charge in [0, 0.05) is 17.4 Å². The largest absolute Gasteiger partial charge is 0.444 e. The summed E-state index contributed by atoms with van der Waals surface area (Å²) in [6, 6.07) is 9.85. The Morgan fingerprint density at radius 1 is 1.16 bits per heavy atom. The molecule has 0 saturated carbocycles. The van der Waals surface area contributed by atoms with Gasteiger partial charge in [-0.25, -0.2) is 15.0 Å². The van der Waals surface area contributed by atoms with E-state index in [-0.39, 0.29) is 0 Å². The van der Waals surface area contributed by atoms with E-state index in [9.17, 15) is 0 Å². The van der Waals surface area contributed by atoms with E-state index in [0.717, 1.165) is 22.7 Å². The predicted molar refractivity (Wildman–Crippen MR) is 71.3 cm³/mol. The highest BCUT2D eigenvalue weighted by Gasteiger charge is 2.02. The average molecular weight is 252 g/mol. The van der Waals surface area contributed by atoms with Crippen molar-refractivity contribution in [2.75, 3.05) is 5.32 Å². The number of nitrogens with one attached hydrogen (secondary N) is 1. The predicted octanol–water partition coefficient (Wildman–Crippen LogP) is 2.74. The molecule has 0 amide bonds. The van der Waals surface area contributed by atoms with Crippen molar-refractivity contribution in [1.82, 2.24) is 15.0 Å². The van der Waals surface area contributed by atoms with Crippen LogP contribution in [0.15, 0.2) is 59.9 Å². The van der Waals surface area contributed by atoms with Crippen LogP contribution in [-0.4, -0.2) is 15.0 Å². The molecular weight excluding hydrogens is 240 g/mol. The van der Waals surface area contributed by atoms with Crippen molar-refractivity contribution in [2.45, 2.75) is 6.54 Å². The Balaban J connectivity index is 1.74. The lowest BCUT2D eigenvalue weighted by molar-refractivity contribution is 0.572. The van der Waals surface area contributed by atoms with E-state index in [4.69, 9.17) is 4.42 Å². The van der Waals surface area contributed by atoms with Gasteiger partial charge in [-0.1, -0.05) is 12.1 Å². The van der Waals surface area contributed by atoms with Gasteiger partial charge in [0.25, 0.3) is 0 Å². The fourth-order valence-electron chi connectivity index (χ4n) is 1.76. The first-order chi connectivity index (χ1) is 9.42. The maximum atomic E-state index is 5.28. The maximum Gasteiger partial charge on any atom is 0.181 e. The molecule has 0 saturated heterocycles. The summed E-state index contributed by atoms with van der Waals surface area (Å²) in [6.07, 6.45) is 6.40. The molecule has 5 nitrogen and oxygen atoms in total. The zero-order valence-corrected chi connectivity index (χ0v) is 10.2. The summed E-state index contributed by atoms with van der Waals surface area (Å²) in [4.78, 5) is 12.0. The van der Waals surface area contributed by atoms with Gasteiger partial charge in [0.15, 0.2) is 12.2 Å². The monoisotopic (exact) mass is 252 g/mol. The van der Waals surface area contributed by atoms with Crippen molar-refractivity contribution in [2.24, 2.45) is 0 Å². The fourth-order valence-corrected chi connectivity index (χ4v) is 1.76. The molecule has 0 radical (unpaired) electrons. The molecule has 0 bridgehead atoms. The van der Waals surface area contributed by atoms with Gasteiger partial charge in [0.1, 0.15) is 6.33 Å². The number of nitrogens with zero attached hydrogens (tertiary/aromatic N) is 3. The summed E-state index contributed by atoms with van der Waals surface area (Å²) in [7, 11) is 0. The highest BCUT2D eigenvalue weighted by atomic mass is 16.3. The third kappa shape index (κ3) is 2.77. The van der Waals surface area contributed by atoms with Crippen molar-refractivity contribution < 1.29 is 4.42 Å². The Kier molecular flexibility index (Phi) is 3.18. The molecule has 0 aliphatic carbocycles. The second kappa shape index (κ2) is 5.30. The standard InChI is InChI=1S/C14H12N4O/c1-2-11(14-8-16-10-19-14)6-12(3-1)17-7-13-4-5-15-9-18-13/h1-6,8-10,17H,7H2. The minimum Gasteiger partial charge on any atom is -0.444 e. The van der Waals surface area contributed by atoms with Crippen molar-refractivity contribution in [3.63, 3.8) is 0 Å². The molecule has 0 spiro atoms. The van der Waals surface area contributed by atoms with Gasteiger partial charge in [0.2, 0.25) is 0 Å². The summed E-state index contributed by atoms with van der Waals surface area (Å²) in [5.41, 5.74) is 2.94. The average Bonchev–Trinajstić information content (AvgIpc) is 3.01. The van der Waals surface area contributed by atoms with Crippen LogP contribution in [0.1, 0.15) is 5.69 Å². The lowest BCUT2D eigenvalue weighted by Gasteiger charge is -2.06. The quantitative estimate of drug-likeness (QED) is 0.773. The molecule has 94 valence electrons. The van der Waals surface area contributed by atoms with Gasteiger partial charge in [-0.05, 0) is 18.2 Å². The molecule has 0 unspecified atom stereocenters. The number of benzene rings is 1. The summed E-state index contributed by atoms with van der Waals surface area (Å²) in [5, 5.41) is 3.31. The summed E-state index contributed by atoms with van der Waals surface area (Å²) in [5.74, 6) is 0.755. The second-order valence-electron chi connectivity index (χ2n) is 4.00. The van der Waals surface area contributed by atoms with Crippen LogP contribution in [0.3, 0.4) is 0 Å². The van der Waals surface area contributed by atoms with E-state index in [0.29, 0.717) is 6.54 Å². The highest BCUT2D eigenvalue weighted by Crippen LogP contribution is 2.22. The lowest BCUT2D eigenvalue weighted by Crippen LogP contribution is -2.01. The Morgan fingerprint density at radius 3 is 2.95 bits per heavy atom. The van der Waals surface area contributed by atoms with E-state index in [1.165, 1.54) is 6.39 Å². The first kappa shape index (κ1) is 11.4. The van der Waals surface area contributed by atoms with Crippen LogP contribution in [0.4, 0.5) is 5.69 Å². The number of oxazole rings is 1. The topological polar surface area (TPSA) is 63.8 Å². The third-order valence-electron chi connectivity index (χ3n) is 2.70. The molecule has 0 aliphatic rings. The van der Waals surface area contributed by atoms with Gasteiger partial charge >= 0.3 is 0 Å². The van der Waals surface area contributed by atoms with E-state index < -0.39 is 0 Å². The van der Waals surface area contributed by atoms with E-state index in [1.807, 2.05) is 30.3 Å². The maximum absolute atomic E-state index is 5.28. The number of hydrogen-bond acceptors (Lipinski definition) is 5. The van der Waals surface area contributed by atoms with Crippen molar-refractivity contribution in [3.05, 3.63) is 61.1 Å². The molecular formula is C14H12N4O. The van der Waals surface area contributed by atoms with Crippen molar-refractivity contribution in [3.8, 4) is 11.3 Å².